The van der Waals surface area contributed by atoms with E-state index < -0.39 is 0 Å². The maximum Gasteiger partial charge on any atom is 0.146 e. The fraction of sp³-hybridized carbons (Fsp3) is 0. The summed E-state index contributed by atoms with van der Waals surface area (Å²) in [6.07, 6.45) is 0. The Labute approximate surface area is 252 Å². The molecular formula is C41H25N3. The van der Waals surface area contributed by atoms with Crippen molar-refractivity contribution in [2.75, 3.05) is 0 Å². The average molecular weight is 560 g/mol. The Kier molecular flexibility index (Phi) is 4.72. The van der Waals surface area contributed by atoms with Crippen molar-refractivity contribution in [3.63, 3.8) is 0 Å². The second kappa shape index (κ2) is 8.79. The van der Waals surface area contributed by atoms with Crippen LogP contribution in [0.1, 0.15) is 0 Å². The lowest BCUT2D eigenvalue weighted by atomic mass is 10.0. The standard InChI is InChI=1S/C41H25N3/c1-2-11-27-24-29(21-20-26(27)10-1)28-12-9-13-30(25-28)43-37-18-7-5-15-32(37)34-23-22-33-31-14-3-4-16-35(31)41-42-36-17-6-8-19-38(36)44(41)40(33)39(34)43/h1-25H. The first kappa shape index (κ1) is 23.6. The minimum atomic E-state index is 0.989. The van der Waals surface area contributed by atoms with Crippen molar-refractivity contribution in [3.8, 4) is 16.8 Å². The van der Waals surface area contributed by atoms with Crippen molar-refractivity contribution in [2.24, 2.45) is 0 Å². The third-order valence-corrected chi connectivity index (χ3v) is 9.24. The van der Waals surface area contributed by atoms with Crippen LogP contribution in [0.2, 0.25) is 0 Å². The van der Waals surface area contributed by atoms with Crippen LogP contribution in [-0.2, 0) is 0 Å². The van der Waals surface area contributed by atoms with Gasteiger partial charge in [0.2, 0.25) is 0 Å². The van der Waals surface area contributed by atoms with Gasteiger partial charge < -0.3 is 4.57 Å². The molecule has 3 heteroatoms. The van der Waals surface area contributed by atoms with Crippen molar-refractivity contribution in [1.82, 2.24) is 14.0 Å². The fourth-order valence-electron chi connectivity index (χ4n) is 7.29. The molecule has 10 rings (SSSR count). The summed E-state index contributed by atoms with van der Waals surface area (Å²) in [6, 6.07) is 54.8. The van der Waals surface area contributed by atoms with Gasteiger partial charge in [-0.25, -0.2) is 4.98 Å². The van der Waals surface area contributed by atoms with E-state index in [1.54, 1.807) is 0 Å². The van der Waals surface area contributed by atoms with Crippen LogP contribution in [0.4, 0.5) is 0 Å². The number of pyridine rings is 1. The smallest absolute Gasteiger partial charge is 0.146 e. The quantitative estimate of drug-likeness (QED) is 0.193. The van der Waals surface area contributed by atoms with Gasteiger partial charge in [0, 0.05) is 27.2 Å². The summed E-state index contributed by atoms with van der Waals surface area (Å²) >= 11 is 0. The monoisotopic (exact) mass is 559 g/mol. The molecule has 0 aliphatic heterocycles. The highest BCUT2D eigenvalue weighted by Crippen LogP contribution is 2.41. The molecule has 7 aromatic carbocycles. The molecular weight excluding hydrogens is 534 g/mol. The molecule has 0 unspecified atom stereocenters. The van der Waals surface area contributed by atoms with Crippen LogP contribution in [0.3, 0.4) is 0 Å². The number of aromatic nitrogens is 3. The van der Waals surface area contributed by atoms with E-state index in [1.165, 1.54) is 60.0 Å². The largest absolute Gasteiger partial charge is 0.307 e. The lowest BCUT2D eigenvalue weighted by Gasteiger charge is -2.15. The first-order valence-electron chi connectivity index (χ1n) is 15.1. The number of benzene rings is 7. The summed E-state index contributed by atoms with van der Waals surface area (Å²) in [4.78, 5) is 5.19. The molecule has 0 aliphatic rings. The van der Waals surface area contributed by atoms with Crippen molar-refractivity contribution in [1.29, 1.82) is 0 Å². The van der Waals surface area contributed by atoms with Gasteiger partial charge in [-0.15, -0.1) is 0 Å². The van der Waals surface area contributed by atoms with Crippen molar-refractivity contribution >= 4 is 70.9 Å². The number of rotatable bonds is 2. The Morgan fingerprint density at radius 1 is 0.409 bits per heavy atom. The van der Waals surface area contributed by atoms with E-state index in [2.05, 4.69) is 161 Å². The Bertz CT molecular complexity index is 2780. The number of hydrogen-bond acceptors (Lipinski definition) is 1. The van der Waals surface area contributed by atoms with Crippen molar-refractivity contribution in [2.45, 2.75) is 0 Å². The molecule has 3 heterocycles. The Morgan fingerprint density at radius 3 is 1.98 bits per heavy atom. The summed E-state index contributed by atoms with van der Waals surface area (Å²) < 4.78 is 4.85. The van der Waals surface area contributed by atoms with E-state index in [4.69, 9.17) is 4.98 Å². The first-order valence-corrected chi connectivity index (χ1v) is 15.1. The normalized spacial score (nSPS) is 12.1. The number of imidazole rings is 1. The van der Waals surface area contributed by atoms with Crippen LogP contribution >= 0.6 is 0 Å². The van der Waals surface area contributed by atoms with Gasteiger partial charge >= 0.3 is 0 Å². The minimum Gasteiger partial charge on any atom is -0.307 e. The second-order valence-electron chi connectivity index (χ2n) is 11.6. The highest BCUT2D eigenvalue weighted by Gasteiger charge is 2.21. The van der Waals surface area contributed by atoms with E-state index in [0.29, 0.717) is 0 Å². The zero-order chi connectivity index (χ0) is 28.8. The lowest BCUT2D eigenvalue weighted by molar-refractivity contribution is 1.18. The lowest BCUT2D eigenvalue weighted by Crippen LogP contribution is -1.98. The average Bonchev–Trinajstić information content (AvgIpc) is 3.65. The summed E-state index contributed by atoms with van der Waals surface area (Å²) in [7, 11) is 0. The third-order valence-electron chi connectivity index (χ3n) is 9.24. The number of fused-ring (bicyclic) bond motifs is 13. The van der Waals surface area contributed by atoms with Gasteiger partial charge in [0.05, 0.1) is 27.6 Å². The van der Waals surface area contributed by atoms with Crippen LogP contribution < -0.4 is 0 Å². The Balaban J connectivity index is 1.38. The van der Waals surface area contributed by atoms with Gasteiger partial charge in [-0.05, 0) is 63.7 Å². The van der Waals surface area contributed by atoms with E-state index in [9.17, 15) is 0 Å². The molecule has 3 nitrogen and oxygen atoms in total. The maximum absolute atomic E-state index is 5.19. The molecule has 10 aromatic rings. The van der Waals surface area contributed by atoms with E-state index >= 15 is 0 Å². The highest BCUT2D eigenvalue weighted by molar-refractivity contribution is 6.24. The molecule has 0 fully saturated rings. The van der Waals surface area contributed by atoms with Crippen LogP contribution in [0.5, 0.6) is 0 Å². The molecule has 0 N–H and O–H groups in total. The van der Waals surface area contributed by atoms with Gasteiger partial charge in [0.15, 0.2) is 0 Å². The molecule has 0 aliphatic carbocycles. The van der Waals surface area contributed by atoms with E-state index in [0.717, 1.165) is 27.8 Å². The molecule has 0 saturated carbocycles. The maximum atomic E-state index is 5.19. The predicted molar refractivity (Wildman–Crippen MR) is 185 cm³/mol. The number of para-hydroxylation sites is 3. The molecule has 0 spiro atoms. The Hall–Kier alpha value is -5.93. The summed E-state index contributed by atoms with van der Waals surface area (Å²) in [5.74, 6) is 0. The molecule has 0 bridgehead atoms. The van der Waals surface area contributed by atoms with Crippen LogP contribution in [0.25, 0.3) is 87.7 Å². The molecule has 204 valence electrons. The van der Waals surface area contributed by atoms with Gasteiger partial charge in [-0.2, -0.15) is 0 Å². The predicted octanol–water partition coefficient (Wildman–Crippen LogP) is 10.7. The number of hydrogen-bond donors (Lipinski definition) is 0. The molecule has 0 saturated heterocycles. The highest BCUT2D eigenvalue weighted by atomic mass is 15.1. The summed E-state index contributed by atoms with van der Waals surface area (Å²) in [5.41, 5.74) is 10.2. The van der Waals surface area contributed by atoms with E-state index in [1.807, 2.05) is 0 Å². The van der Waals surface area contributed by atoms with E-state index in [-0.39, 0.29) is 0 Å². The molecule has 0 atom stereocenters. The molecule has 0 radical (unpaired) electrons. The second-order valence-corrected chi connectivity index (χ2v) is 11.6. The minimum absolute atomic E-state index is 0.989. The fourth-order valence-corrected chi connectivity index (χ4v) is 7.29. The van der Waals surface area contributed by atoms with Gasteiger partial charge in [-0.1, -0.05) is 115 Å². The van der Waals surface area contributed by atoms with Gasteiger partial charge in [-0.3, -0.25) is 4.40 Å². The summed E-state index contributed by atoms with van der Waals surface area (Å²) in [6.45, 7) is 0. The first-order chi connectivity index (χ1) is 21.8. The zero-order valence-corrected chi connectivity index (χ0v) is 23.8. The Morgan fingerprint density at radius 2 is 1.09 bits per heavy atom. The van der Waals surface area contributed by atoms with Gasteiger partial charge in [0.25, 0.3) is 0 Å². The topological polar surface area (TPSA) is 22.2 Å². The SMILES string of the molecule is c1cc(-c2ccc3ccccc3c2)cc(-n2c3ccccc3c3ccc4c5ccccc5c5nc6ccccc6n5c4c32)c1. The molecule has 0 amide bonds. The molecule has 44 heavy (non-hydrogen) atoms. The van der Waals surface area contributed by atoms with Crippen molar-refractivity contribution in [3.05, 3.63) is 152 Å². The zero-order valence-electron chi connectivity index (χ0n) is 23.8. The summed E-state index contributed by atoms with van der Waals surface area (Å²) in [5, 5.41) is 8.58. The van der Waals surface area contributed by atoms with Crippen molar-refractivity contribution < 1.29 is 0 Å². The number of nitrogens with zero attached hydrogens (tertiary/aromatic N) is 3. The van der Waals surface area contributed by atoms with Gasteiger partial charge in [0.1, 0.15) is 5.65 Å². The van der Waals surface area contributed by atoms with Crippen LogP contribution in [-0.4, -0.2) is 14.0 Å². The third kappa shape index (κ3) is 3.18. The van der Waals surface area contributed by atoms with Crippen LogP contribution in [0, 0.1) is 0 Å². The van der Waals surface area contributed by atoms with Crippen LogP contribution in [0.15, 0.2) is 152 Å². The molecule has 3 aromatic heterocycles.